The summed E-state index contributed by atoms with van der Waals surface area (Å²) in [6.07, 6.45) is 4.63. The van der Waals surface area contributed by atoms with E-state index >= 15 is 0 Å². The fraction of sp³-hybridized carbons (Fsp3) is 0.526. The first kappa shape index (κ1) is 19.0. The molecule has 28 heavy (non-hydrogen) atoms. The molecule has 0 spiro atoms. The highest BCUT2D eigenvalue weighted by molar-refractivity contribution is 6.34. The minimum absolute atomic E-state index is 0.109. The summed E-state index contributed by atoms with van der Waals surface area (Å²) in [5.74, 6) is 2.11. The maximum absolute atomic E-state index is 12.6. The molecule has 0 unspecified atom stereocenters. The number of hydrogen-bond donors (Lipinski definition) is 2. The first-order valence-corrected chi connectivity index (χ1v) is 9.88. The number of carbonyl (C=O) groups is 1. The number of hydrogen-bond acceptors (Lipinski definition) is 7. The average molecular weight is 407 g/mol. The maximum atomic E-state index is 12.6. The van der Waals surface area contributed by atoms with Crippen LogP contribution in [0.15, 0.2) is 16.7 Å². The number of fused-ring (bicyclic) bond motifs is 1. The number of amides is 1. The molecule has 0 atom stereocenters. The third-order valence-electron chi connectivity index (χ3n) is 5.11. The van der Waals surface area contributed by atoms with Gasteiger partial charge < -0.3 is 19.3 Å². The van der Waals surface area contributed by atoms with Gasteiger partial charge in [0.25, 0.3) is 0 Å². The van der Waals surface area contributed by atoms with Gasteiger partial charge in [-0.3, -0.25) is 10.1 Å². The van der Waals surface area contributed by atoms with Crippen LogP contribution in [0.3, 0.4) is 0 Å². The summed E-state index contributed by atoms with van der Waals surface area (Å²) < 4.78 is 16.4. The van der Waals surface area contributed by atoms with Gasteiger partial charge in [-0.1, -0.05) is 29.6 Å². The lowest BCUT2D eigenvalue weighted by Gasteiger charge is -2.26. The minimum Gasteiger partial charge on any atom is -0.490 e. The van der Waals surface area contributed by atoms with Crippen molar-refractivity contribution in [3.8, 4) is 11.5 Å². The number of nitrogens with zero attached hydrogens (tertiary/aromatic N) is 2. The zero-order valence-electron chi connectivity index (χ0n) is 15.7. The lowest BCUT2D eigenvalue weighted by atomic mass is 9.96. The molecule has 1 aliphatic heterocycles. The number of ether oxygens (including phenoxy) is 2. The highest BCUT2D eigenvalue weighted by atomic mass is 35.5. The minimum atomic E-state index is -0.427. The Morgan fingerprint density at radius 3 is 2.57 bits per heavy atom. The van der Waals surface area contributed by atoms with E-state index in [-0.39, 0.29) is 12.5 Å². The maximum Gasteiger partial charge on any atom is 0.238 e. The Balaban J connectivity index is 1.44. The molecule has 9 heteroatoms. The van der Waals surface area contributed by atoms with Crippen LogP contribution >= 0.6 is 11.6 Å². The van der Waals surface area contributed by atoms with Crippen molar-refractivity contribution < 1.29 is 18.8 Å². The van der Waals surface area contributed by atoms with Crippen molar-refractivity contribution in [2.45, 2.75) is 44.6 Å². The SMILES string of the molecule is Cc1nc(C2(NCC(=O)Nc3cc4c(cc3Cl)OCCCO4)CCCC2)no1. The zero-order chi connectivity index (χ0) is 19.6. The summed E-state index contributed by atoms with van der Waals surface area (Å²) >= 11 is 6.31. The number of rotatable bonds is 5. The van der Waals surface area contributed by atoms with E-state index < -0.39 is 5.54 Å². The number of aromatic nitrogens is 2. The normalized spacial score (nSPS) is 17.9. The van der Waals surface area contributed by atoms with Gasteiger partial charge in [0.15, 0.2) is 17.3 Å². The van der Waals surface area contributed by atoms with Crippen LogP contribution in [0.1, 0.15) is 43.8 Å². The Kier molecular flexibility index (Phi) is 5.41. The molecular weight excluding hydrogens is 384 g/mol. The molecule has 8 nitrogen and oxygen atoms in total. The van der Waals surface area contributed by atoms with Crippen LogP contribution in [0.2, 0.25) is 5.02 Å². The smallest absolute Gasteiger partial charge is 0.238 e. The van der Waals surface area contributed by atoms with Crippen molar-refractivity contribution in [1.29, 1.82) is 0 Å². The second kappa shape index (κ2) is 7.97. The van der Waals surface area contributed by atoms with E-state index in [1.807, 2.05) is 0 Å². The third kappa shape index (κ3) is 3.93. The second-order valence-electron chi connectivity index (χ2n) is 7.16. The number of carbonyl (C=O) groups excluding carboxylic acids is 1. The van der Waals surface area contributed by atoms with Crippen molar-refractivity contribution >= 4 is 23.2 Å². The molecule has 2 aromatic rings. The van der Waals surface area contributed by atoms with Crippen molar-refractivity contribution in [1.82, 2.24) is 15.5 Å². The average Bonchev–Trinajstić information content (AvgIpc) is 3.27. The molecule has 2 N–H and O–H groups in total. The van der Waals surface area contributed by atoms with Gasteiger partial charge in [0.05, 0.1) is 36.0 Å². The lowest BCUT2D eigenvalue weighted by Crippen LogP contribution is -2.44. The molecule has 0 saturated heterocycles. The second-order valence-corrected chi connectivity index (χ2v) is 7.56. The molecule has 1 amide bonds. The Labute approximate surface area is 167 Å². The van der Waals surface area contributed by atoms with E-state index in [0.717, 1.165) is 32.1 Å². The number of benzene rings is 1. The predicted octanol–water partition coefficient (Wildman–Crippen LogP) is 3.19. The molecule has 150 valence electrons. The van der Waals surface area contributed by atoms with Gasteiger partial charge in [-0.15, -0.1) is 0 Å². The van der Waals surface area contributed by atoms with Crippen LogP contribution < -0.4 is 20.1 Å². The predicted molar refractivity (Wildman–Crippen MR) is 103 cm³/mol. The molecule has 1 saturated carbocycles. The van der Waals surface area contributed by atoms with Crippen LogP contribution in [0, 0.1) is 6.92 Å². The van der Waals surface area contributed by atoms with Crippen molar-refractivity contribution in [2.24, 2.45) is 0 Å². The van der Waals surface area contributed by atoms with E-state index in [1.54, 1.807) is 19.1 Å². The van der Waals surface area contributed by atoms with Crippen LogP contribution in [0.25, 0.3) is 0 Å². The highest BCUT2D eigenvalue weighted by Crippen LogP contribution is 2.38. The van der Waals surface area contributed by atoms with Gasteiger partial charge in [0.2, 0.25) is 11.8 Å². The van der Waals surface area contributed by atoms with Crippen molar-refractivity contribution in [3.05, 3.63) is 28.9 Å². The molecule has 1 aromatic heterocycles. The van der Waals surface area contributed by atoms with Gasteiger partial charge in [-0.2, -0.15) is 4.98 Å². The van der Waals surface area contributed by atoms with Crippen molar-refractivity contribution in [3.63, 3.8) is 0 Å². The number of anilines is 1. The molecule has 2 heterocycles. The summed E-state index contributed by atoms with van der Waals surface area (Å²) in [5.41, 5.74) is 0.0671. The van der Waals surface area contributed by atoms with Gasteiger partial charge in [0.1, 0.15) is 0 Å². The molecule has 0 radical (unpaired) electrons. The summed E-state index contributed by atoms with van der Waals surface area (Å²) in [6, 6.07) is 3.38. The molecule has 1 aromatic carbocycles. The van der Waals surface area contributed by atoms with E-state index in [9.17, 15) is 4.79 Å². The number of nitrogens with one attached hydrogen (secondary N) is 2. The molecule has 1 aliphatic carbocycles. The first-order chi connectivity index (χ1) is 13.6. The van der Waals surface area contributed by atoms with E-state index in [4.69, 9.17) is 25.6 Å². The standard InChI is InChI=1S/C19H23ClN4O4/c1-12-22-18(24-28-12)19(5-2-3-6-19)21-11-17(25)23-14-10-16-15(9-13(14)20)26-7-4-8-27-16/h9-10,21H,2-8,11H2,1H3,(H,23,25). The van der Waals surface area contributed by atoms with Crippen LogP contribution in [0.4, 0.5) is 5.69 Å². The number of aryl methyl sites for hydroxylation is 1. The summed E-state index contributed by atoms with van der Waals surface area (Å²) in [6.45, 7) is 3.02. The van der Waals surface area contributed by atoms with E-state index in [0.29, 0.717) is 47.1 Å². The summed E-state index contributed by atoms with van der Waals surface area (Å²) in [4.78, 5) is 16.9. The largest absolute Gasteiger partial charge is 0.490 e. The first-order valence-electron chi connectivity index (χ1n) is 9.51. The van der Waals surface area contributed by atoms with Gasteiger partial charge in [0, 0.05) is 25.5 Å². The summed E-state index contributed by atoms with van der Waals surface area (Å²) in [7, 11) is 0. The molecule has 1 fully saturated rings. The quantitative estimate of drug-likeness (QED) is 0.786. The highest BCUT2D eigenvalue weighted by Gasteiger charge is 2.39. The van der Waals surface area contributed by atoms with Crippen LogP contribution in [0.5, 0.6) is 11.5 Å². The third-order valence-corrected chi connectivity index (χ3v) is 5.42. The molecule has 2 aliphatic rings. The fourth-order valence-corrected chi connectivity index (χ4v) is 3.88. The Morgan fingerprint density at radius 1 is 1.18 bits per heavy atom. The Hall–Kier alpha value is -2.32. The van der Waals surface area contributed by atoms with Crippen LogP contribution in [-0.2, 0) is 10.3 Å². The van der Waals surface area contributed by atoms with Gasteiger partial charge >= 0.3 is 0 Å². The lowest BCUT2D eigenvalue weighted by molar-refractivity contribution is -0.115. The van der Waals surface area contributed by atoms with Crippen molar-refractivity contribution in [2.75, 3.05) is 25.1 Å². The van der Waals surface area contributed by atoms with Gasteiger partial charge in [-0.25, -0.2) is 0 Å². The van der Waals surface area contributed by atoms with E-state index in [2.05, 4.69) is 20.8 Å². The zero-order valence-corrected chi connectivity index (χ0v) is 16.5. The number of halogens is 1. The monoisotopic (exact) mass is 406 g/mol. The van der Waals surface area contributed by atoms with Crippen LogP contribution in [-0.4, -0.2) is 35.8 Å². The molecule has 0 bridgehead atoms. The Morgan fingerprint density at radius 2 is 1.89 bits per heavy atom. The topological polar surface area (TPSA) is 98.5 Å². The van der Waals surface area contributed by atoms with Gasteiger partial charge in [-0.05, 0) is 12.8 Å². The molecular formula is C19H23ClN4O4. The Bertz CT molecular complexity index is 864. The fourth-order valence-electron chi connectivity index (χ4n) is 3.68. The van der Waals surface area contributed by atoms with E-state index in [1.165, 1.54) is 0 Å². The summed E-state index contributed by atoms with van der Waals surface area (Å²) in [5, 5.41) is 10.7. The molecule has 4 rings (SSSR count).